The number of aromatic nitrogens is 1. The topological polar surface area (TPSA) is 88.0 Å². The van der Waals surface area contributed by atoms with Gasteiger partial charge in [0.1, 0.15) is 5.56 Å². The highest BCUT2D eigenvalue weighted by atomic mass is 35.5. The standard InChI is InChI=1S/C20H20ClF2N3O2/c1-3-5-12(27)26-11-7-4-6-10(8-11)13-14-16(21)9(2)25-19(14)15(20(24)28)18(23)17(13)22/h10-11,25H,4,6-8H2,1-2H3,(H2,24,28)(H,26,27)/t10?,11-/m0/s1. The number of hydrogen-bond acceptors (Lipinski definition) is 2. The minimum atomic E-state index is -1.28. The normalized spacial score (nSPS) is 19.2. The summed E-state index contributed by atoms with van der Waals surface area (Å²) in [6.45, 7) is 3.22. The van der Waals surface area contributed by atoms with Crippen molar-refractivity contribution in [3.63, 3.8) is 0 Å². The van der Waals surface area contributed by atoms with Gasteiger partial charge in [-0.2, -0.15) is 0 Å². The van der Waals surface area contributed by atoms with Gasteiger partial charge in [0.15, 0.2) is 11.6 Å². The Morgan fingerprint density at radius 3 is 2.64 bits per heavy atom. The summed E-state index contributed by atoms with van der Waals surface area (Å²) in [6.07, 6.45) is 2.46. The molecule has 1 aromatic heterocycles. The van der Waals surface area contributed by atoms with Gasteiger partial charge in [-0.15, -0.1) is 0 Å². The van der Waals surface area contributed by atoms with Gasteiger partial charge in [0.05, 0.1) is 10.5 Å². The molecular formula is C20H20ClF2N3O2. The Morgan fingerprint density at radius 1 is 1.29 bits per heavy atom. The molecular weight excluding hydrogens is 388 g/mol. The van der Waals surface area contributed by atoms with Gasteiger partial charge < -0.3 is 16.0 Å². The number of hydrogen-bond donors (Lipinski definition) is 3. The monoisotopic (exact) mass is 407 g/mol. The van der Waals surface area contributed by atoms with Gasteiger partial charge in [0.2, 0.25) is 0 Å². The van der Waals surface area contributed by atoms with Crippen LogP contribution in [0.1, 0.15) is 60.1 Å². The molecule has 1 aromatic carbocycles. The van der Waals surface area contributed by atoms with E-state index in [2.05, 4.69) is 22.1 Å². The summed E-state index contributed by atoms with van der Waals surface area (Å²) in [5.74, 6) is 0.705. The zero-order chi connectivity index (χ0) is 20.6. The molecule has 5 nitrogen and oxygen atoms in total. The van der Waals surface area contributed by atoms with E-state index in [0.717, 1.165) is 12.8 Å². The first-order chi connectivity index (χ1) is 13.3. The predicted molar refractivity (Wildman–Crippen MR) is 103 cm³/mol. The molecule has 1 saturated carbocycles. The number of benzene rings is 1. The van der Waals surface area contributed by atoms with Crippen LogP contribution in [0, 0.1) is 30.4 Å². The minimum Gasteiger partial charge on any atom is -0.365 e. The number of fused-ring (bicyclic) bond motifs is 1. The predicted octanol–water partition coefficient (Wildman–Crippen LogP) is 3.67. The van der Waals surface area contributed by atoms with E-state index in [1.54, 1.807) is 13.8 Å². The van der Waals surface area contributed by atoms with Crippen LogP contribution in [0.5, 0.6) is 0 Å². The molecule has 0 spiro atoms. The lowest BCUT2D eigenvalue weighted by Crippen LogP contribution is -2.37. The van der Waals surface area contributed by atoms with E-state index < -0.39 is 29.0 Å². The fourth-order valence-electron chi connectivity index (χ4n) is 4.02. The number of aryl methyl sites for hydroxylation is 1. The molecule has 28 heavy (non-hydrogen) atoms. The number of halogens is 3. The highest BCUT2D eigenvalue weighted by molar-refractivity contribution is 6.37. The van der Waals surface area contributed by atoms with Crippen LogP contribution in [0.25, 0.3) is 10.9 Å². The first kappa shape index (κ1) is 20.2. The van der Waals surface area contributed by atoms with Gasteiger partial charge in [-0.05, 0) is 44.9 Å². The van der Waals surface area contributed by atoms with Crippen molar-refractivity contribution in [1.29, 1.82) is 0 Å². The van der Waals surface area contributed by atoms with Crippen LogP contribution in [-0.4, -0.2) is 22.8 Å². The average molecular weight is 408 g/mol. The molecule has 4 N–H and O–H groups in total. The molecule has 1 heterocycles. The molecule has 148 valence electrons. The molecule has 8 heteroatoms. The number of carbonyl (C=O) groups excluding carboxylic acids is 2. The van der Waals surface area contributed by atoms with Gasteiger partial charge in [0.25, 0.3) is 11.8 Å². The maximum absolute atomic E-state index is 15.1. The lowest BCUT2D eigenvalue weighted by Gasteiger charge is -2.30. The van der Waals surface area contributed by atoms with E-state index >= 15 is 4.39 Å². The third-order valence-corrected chi connectivity index (χ3v) is 5.65. The number of carbonyl (C=O) groups is 2. The van der Waals surface area contributed by atoms with Crippen molar-refractivity contribution in [2.45, 2.75) is 51.5 Å². The van der Waals surface area contributed by atoms with Crippen molar-refractivity contribution in [2.24, 2.45) is 5.73 Å². The summed E-state index contributed by atoms with van der Waals surface area (Å²) in [6, 6.07) is -0.209. The molecule has 0 saturated heterocycles. The van der Waals surface area contributed by atoms with Crippen LogP contribution < -0.4 is 11.1 Å². The highest BCUT2D eigenvalue weighted by Crippen LogP contribution is 2.43. The van der Waals surface area contributed by atoms with Crippen LogP contribution in [0.15, 0.2) is 0 Å². The average Bonchev–Trinajstić information content (AvgIpc) is 2.91. The fraction of sp³-hybridized carbons (Fsp3) is 0.400. The molecule has 2 atom stereocenters. The van der Waals surface area contributed by atoms with E-state index in [1.807, 2.05) is 0 Å². The summed E-state index contributed by atoms with van der Waals surface area (Å²) in [5, 5.41) is 3.31. The Bertz CT molecular complexity index is 1040. The Hall–Kier alpha value is -2.59. The largest absolute Gasteiger partial charge is 0.365 e. The quantitative estimate of drug-likeness (QED) is 0.678. The first-order valence-corrected chi connectivity index (χ1v) is 9.35. The van der Waals surface area contributed by atoms with Gasteiger partial charge in [-0.25, -0.2) is 8.78 Å². The van der Waals surface area contributed by atoms with Crippen LogP contribution in [0.2, 0.25) is 5.02 Å². The molecule has 1 unspecified atom stereocenters. The fourth-order valence-corrected chi connectivity index (χ4v) is 4.27. The Labute approximate surface area is 166 Å². The van der Waals surface area contributed by atoms with Gasteiger partial charge >= 0.3 is 0 Å². The van der Waals surface area contributed by atoms with E-state index in [9.17, 15) is 14.0 Å². The molecule has 1 fully saturated rings. The number of H-pyrrole nitrogens is 1. The lowest BCUT2D eigenvalue weighted by atomic mass is 9.79. The summed E-state index contributed by atoms with van der Waals surface area (Å²) < 4.78 is 29.8. The maximum Gasteiger partial charge on any atom is 0.296 e. The molecule has 2 amide bonds. The van der Waals surface area contributed by atoms with Crippen molar-refractivity contribution < 1.29 is 18.4 Å². The van der Waals surface area contributed by atoms with Gasteiger partial charge in [0, 0.05) is 22.7 Å². The lowest BCUT2D eigenvalue weighted by molar-refractivity contribution is -0.116. The zero-order valence-corrected chi connectivity index (χ0v) is 16.3. The Kier molecular flexibility index (Phi) is 5.61. The van der Waals surface area contributed by atoms with Crippen molar-refractivity contribution >= 4 is 34.3 Å². The third-order valence-electron chi connectivity index (χ3n) is 5.18. The smallest absolute Gasteiger partial charge is 0.296 e. The Balaban J connectivity index is 2.11. The van der Waals surface area contributed by atoms with Crippen LogP contribution in [-0.2, 0) is 4.79 Å². The third kappa shape index (κ3) is 3.45. The van der Waals surface area contributed by atoms with Crippen molar-refractivity contribution in [3.8, 4) is 11.8 Å². The number of aromatic amines is 1. The highest BCUT2D eigenvalue weighted by Gasteiger charge is 2.33. The summed E-state index contributed by atoms with van der Waals surface area (Å²) in [7, 11) is 0. The molecule has 3 rings (SSSR count). The van der Waals surface area contributed by atoms with E-state index in [1.165, 1.54) is 0 Å². The maximum atomic E-state index is 15.1. The molecule has 0 bridgehead atoms. The van der Waals surface area contributed by atoms with E-state index in [-0.39, 0.29) is 33.4 Å². The van der Waals surface area contributed by atoms with Crippen LogP contribution in [0.3, 0.4) is 0 Å². The first-order valence-electron chi connectivity index (χ1n) is 8.97. The van der Waals surface area contributed by atoms with Gasteiger partial charge in [-0.1, -0.05) is 23.9 Å². The summed E-state index contributed by atoms with van der Waals surface area (Å²) in [4.78, 5) is 26.3. The minimum absolute atomic E-state index is 0.104. The van der Waals surface area contributed by atoms with E-state index in [0.29, 0.717) is 18.5 Å². The number of rotatable bonds is 3. The number of primary amides is 1. The Morgan fingerprint density at radius 2 is 2.00 bits per heavy atom. The molecule has 1 aliphatic rings. The molecule has 0 radical (unpaired) electrons. The number of nitrogens with one attached hydrogen (secondary N) is 2. The molecule has 1 aliphatic carbocycles. The summed E-state index contributed by atoms with van der Waals surface area (Å²) >= 11 is 6.37. The van der Waals surface area contributed by atoms with E-state index in [4.69, 9.17) is 17.3 Å². The number of amides is 2. The molecule has 0 aliphatic heterocycles. The summed E-state index contributed by atoms with van der Waals surface area (Å²) in [5.41, 5.74) is 5.45. The van der Waals surface area contributed by atoms with Crippen molar-refractivity contribution in [1.82, 2.24) is 10.3 Å². The number of nitrogens with two attached hydrogens (primary N) is 1. The second-order valence-corrected chi connectivity index (χ2v) is 7.38. The second-order valence-electron chi connectivity index (χ2n) is 7.00. The van der Waals surface area contributed by atoms with Crippen LogP contribution >= 0.6 is 11.6 Å². The van der Waals surface area contributed by atoms with Crippen molar-refractivity contribution in [2.75, 3.05) is 0 Å². The van der Waals surface area contributed by atoms with Crippen molar-refractivity contribution in [3.05, 3.63) is 33.5 Å². The van der Waals surface area contributed by atoms with Gasteiger partial charge in [-0.3, -0.25) is 9.59 Å². The van der Waals surface area contributed by atoms with Crippen LogP contribution in [0.4, 0.5) is 8.78 Å². The SMILES string of the molecule is CC#CC(=O)N[C@H]1CCCC(c2c(F)c(F)c(C(N)=O)c3[nH]c(C)c(Cl)c23)C1. The molecule has 2 aromatic rings. The zero-order valence-electron chi connectivity index (χ0n) is 15.5. The second kappa shape index (κ2) is 7.80.